The predicted octanol–water partition coefficient (Wildman–Crippen LogP) is 3.34. The van der Waals surface area contributed by atoms with E-state index >= 15 is 0 Å². The highest BCUT2D eigenvalue weighted by atomic mass is 32.2. The summed E-state index contributed by atoms with van der Waals surface area (Å²) in [4.78, 5) is 4.42. The van der Waals surface area contributed by atoms with Crippen molar-refractivity contribution >= 4 is 10.0 Å². The van der Waals surface area contributed by atoms with Crippen LogP contribution >= 0.6 is 0 Å². The topological polar surface area (TPSA) is 68.3 Å². The maximum absolute atomic E-state index is 12.5. The molecule has 0 aliphatic rings. The average Bonchev–Trinajstić information content (AvgIpc) is 2.70. The van der Waals surface area contributed by atoms with E-state index in [0.717, 1.165) is 22.6 Å². The van der Waals surface area contributed by atoms with Crippen molar-refractivity contribution in [3.8, 4) is 5.75 Å². The summed E-state index contributed by atoms with van der Waals surface area (Å²) in [6.07, 6.45) is 1.71. The Morgan fingerprint density at radius 3 is 2.30 bits per heavy atom. The first-order chi connectivity index (χ1) is 13.1. The molecule has 3 aromatic rings. The van der Waals surface area contributed by atoms with Crippen LogP contribution in [0.4, 0.5) is 0 Å². The summed E-state index contributed by atoms with van der Waals surface area (Å²) < 4.78 is 33.0. The molecule has 0 aliphatic heterocycles. The number of hydrogen-bond acceptors (Lipinski definition) is 4. The van der Waals surface area contributed by atoms with E-state index in [1.807, 2.05) is 60.7 Å². The molecule has 27 heavy (non-hydrogen) atoms. The average molecular weight is 382 g/mol. The minimum Gasteiger partial charge on any atom is -0.497 e. The van der Waals surface area contributed by atoms with E-state index in [-0.39, 0.29) is 18.2 Å². The number of methoxy groups -OCH3 is 1. The third kappa shape index (κ3) is 5.39. The molecule has 0 radical (unpaired) electrons. The second-order valence-corrected chi connectivity index (χ2v) is 7.98. The molecule has 1 N–H and O–H groups in total. The van der Waals surface area contributed by atoms with Crippen molar-refractivity contribution in [2.75, 3.05) is 13.7 Å². The van der Waals surface area contributed by atoms with Gasteiger partial charge in [0.25, 0.3) is 0 Å². The zero-order valence-corrected chi connectivity index (χ0v) is 15.9. The van der Waals surface area contributed by atoms with E-state index in [2.05, 4.69) is 9.71 Å². The van der Waals surface area contributed by atoms with Gasteiger partial charge in [-0.3, -0.25) is 4.98 Å². The van der Waals surface area contributed by atoms with Crippen molar-refractivity contribution in [1.82, 2.24) is 9.71 Å². The van der Waals surface area contributed by atoms with Crippen LogP contribution in [0, 0.1) is 0 Å². The Bertz CT molecular complexity index is 944. The Hall–Kier alpha value is -2.70. The number of sulfonamides is 1. The standard InChI is InChI=1S/C21H22N2O3S/c1-26-19-12-10-18(11-13-19)20(21-9-5-6-14-22-21)15-23-27(24,25)16-17-7-3-2-4-8-17/h2-14,20,23H,15-16H2,1H3. The second-order valence-electron chi connectivity index (χ2n) is 6.17. The number of pyridine rings is 1. The Labute approximate surface area is 160 Å². The molecule has 3 rings (SSSR count). The molecule has 0 aliphatic carbocycles. The van der Waals surface area contributed by atoms with E-state index in [4.69, 9.17) is 4.74 Å². The van der Waals surface area contributed by atoms with Crippen molar-refractivity contribution in [3.05, 3.63) is 95.8 Å². The lowest BCUT2D eigenvalue weighted by Gasteiger charge is -2.18. The number of hydrogen-bond donors (Lipinski definition) is 1. The molecule has 5 nitrogen and oxygen atoms in total. The van der Waals surface area contributed by atoms with Crippen LogP contribution in [0.25, 0.3) is 0 Å². The Morgan fingerprint density at radius 2 is 1.67 bits per heavy atom. The SMILES string of the molecule is COc1ccc(C(CNS(=O)(=O)Cc2ccccc2)c2ccccn2)cc1. The van der Waals surface area contributed by atoms with Crippen molar-refractivity contribution in [2.24, 2.45) is 0 Å². The molecule has 1 atom stereocenters. The molecule has 0 saturated heterocycles. The van der Waals surface area contributed by atoms with Crippen molar-refractivity contribution < 1.29 is 13.2 Å². The summed E-state index contributed by atoms with van der Waals surface area (Å²) in [5.41, 5.74) is 2.53. The van der Waals surface area contributed by atoms with Gasteiger partial charge in [0.15, 0.2) is 0 Å². The normalized spacial score (nSPS) is 12.5. The van der Waals surface area contributed by atoms with E-state index in [9.17, 15) is 8.42 Å². The van der Waals surface area contributed by atoms with Crippen LogP contribution in [0.5, 0.6) is 5.75 Å². The lowest BCUT2D eigenvalue weighted by atomic mass is 9.95. The number of aromatic nitrogens is 1. The van der Waals surface area contributed by atoms with Crippen LogP contribution in [-0.2, 0) is 15.8 Å². The van der Waals surface area contributed by atoms with Crippen LogP contribution in [0.15, 0.2) is 79.0 Å². The van der Waals surface area contributed by atoms with Crippen molar-refractivity contribution in [2.45, 2.75) is 11.7 Å². The third-order valence-electron chi connectivity index (χ3n) is 4.27. The molecule has 0 saturated carbocycles. The molecule has 0 bridgehead atoms. The van der Waals surface area contributed by atoms with E-state index in [1.165, 1.54) is 0 Å². The fourth-order valence-corrected chi connectivity index (χ4v) is 4.02. The Balaban J connectivity index is 1.79. The first-order valence-electron chi connectivity index (χ1n) is 8.63. The number of rotatable bonds is 8. The number of nitrogens with one attached hydrogen (secondary N) is 1. The summed E-state index contributed by atoms with van der Waals surface area (Å²) in [5, 5.41) is 0. The largest absolute Gasteiger partial charge is 0.497 e. The molecular weight excluding hydrogens is 360 g/mol. The molecule has 0 spiro atoms. The molecule has 1 unspecified atom stereocenters. The fraction of sp³-hybridized carbons (Fsp3) is 0.190. The number of nitrogens with zero attached hydrogens (tertiary/aromatic N) is 1. The van der Waals surface area contributed by atoms with Gasteiger partial charge in [0.05, 0.1) is 12.9 Å². The van der Waals surface area contributed by atoms with E-state index in [0.29, 0.717) is 0 Å². The van der Waals surface area contributed by atoms with Crippen LogP contribution < -0.4 is 9.46 Å². The predicted molar refractivity (Wildman–Crippen MR) is 106 cm³/mol. The number of benzene rings is 2. The smallest absolute Gasteiger partial charge is 0.215 e. The van der Waals surface area contributed by atoms with Gasteiger partial charge in [-0.1, -0.05) is 48.5 Å². The molecule has 2 aromatic carbocycles. The van der Waals surface area contributed by atoms with Gasteiger partial charge in [-0.15, -0.1) is 0 Å². The summed E-state index contributed by atoms with van der Waals surface area (Å²) in [6.45, 7) is 0.235. The van der Waals surface area contributed by atoms with Crippen molar-refractivity contribution in [3.63, 3.8) is 0 Å². The lowest BCUT2D eigenvalue weighted by molar-refractivity contribution is 0.414. The summed E-state index contributed by atoms with van der Waals surface area (Å²) in [6, 6.07) is 22.4. The van der Waals surface area contributed by atoms with Gasteiger partial charge in [-0.2, -0.15) is 0 Å². The van der Waals surface area contributed by atoms with Gasteiger partial charge in [-0.25, -0.2) is 13.1 Å². The zero-order valence-electron chi connectivity index (χ0n) is 15.1. The first kappa shape index (κ1) is 19.1. The molecule has 0 amide bonds. The molecule has 0 fully saturated rings. The summed E-state index contributed by atoms with van der Waals surface area (Å²) in [7, 11) is -1.85. The maximum atomic E-state index is 12.5. The highest BCUT2D eigenvalue weighted by Gasteiger charge is 2.19. The molecule has 1 aromatic heterocycles. The van der Waals surface area contributed by atoms with Gasteiger partial charge in [0.1, 0.15) is 5.75 Å². The minimum absolute atomic E-state index is 0.0502. The van der Waals surface area contributed by atoms with Gasteiger partial charge in [-0.05, 0) is 35.4 Å². The Kier molecular flexibility index (Phi) is 6.21. The van der Waals surface area contributed by atoms with Crippen LogP contribution in [-0.4, -0.2) is 27.1 Å². The highest BCUT2D eigenvalue weighted by Crippen LogP contribution is 2.24. The minimum atomic E-state index is -3.46. The molecular formula is C21H22N2O3S. The molecule has 6 heteroatoms. The lowest BCUT2D eigenvalue weighted by Crippen LogP contribution is -2.30. The fourth-order valence-electron chi connectivity index (χ4n) is 2.87. The zero-order chi connectivity index (χ0) is 19.1. The van der Waals surface area contributed by atoms with Gasteiger partial charge >= 0.3 is 0 Å². The first-order valence-corrected chi connectivity index (χ1v) is 10.3. The van der Waals surface area contributed by atoms with Crippen molar-refractivity contribution in [1.29, 1.82) is 0 Å². The van der Waals surface area contributed by atoms with Crippen LogP contribution in [0.3, 0.4) is 0 Å². The van der Waals surface area contributed by atoms with Gasteiger partial charge in [0, 0.05) is 24.4 Å². The maximum Gasteiger partial charge on any atom is 0.215 e. The number of ether oxygens (including phenoxy) is 1. The van der Waals surface area contributed by atoms with Gasteiger partial charge in [0.2, 0.25) is 10.0 Å². The quantitative estimate of drug-likeness (QED) is 0.649. The monoisotopic (exact) mass is 382 g/mol. The summed E-state index contributed by atoms with van der Waals surface area (Å²) >= 11 is 0. The van der Waals surface area contributed by atoms with E-state index in [1.54, 1.807) is 25.4 Å². The van der Waals surface area contributed by atoms with Crippen LogP contribution in [0.1, 0.15) is 22.7 Å². The van der Waals surface area contributed by atoms with Crippen LogP contribution in [0.2, 0.25) is 0 Å². The second kappa shape index (κ2) is 8.79. The van der Waals surface area contributed by atoms with Gasteiger partial charge < -0.3 is 4.74 Å². The summed E-state index contributed by atoms with van der Waals surface area (Å²) in [5.74, 6) is 0.511. The third-order valence-corrected chi connectivity index (χ3v) is 5.59. The molecule has 1 heterocycles. The highest BCUT2D eigenvalue weighted by molar-refractivity contribution is 7.88. The van der Waals surface area contributed by atoms with E-state index < -0.39 is 10.0 Å². The molecule has 140 valence electrons. The Morgan fingerprint density at radius 1 is 0.963 bits per heavy atom.